The van der Waals surface area contributed by atoms with Crippen LogP contribution in [0.2, 0.25) is 0 Å². The zero-order chi connectivity index (χ0) is 13.8. The van der Waals surface area contributed by atoms with Crippen molar-refractivity contribution in [1.82, 2.24) is 10.3 Å². The molecule has 0 aliphatic carbocycles. The SMILES string of the molecule is COc1ccc(CNCc2cscn2)c2ccccc12. The maximum Gasteiger partial charge on any atom is 0.126 e. The van der Waals surface area contributed by atoms with Crippen LogP contribution in [0.1, 0.15) is 11.3 Å². The molecule has 0 saturated heterocycles. The van der Waals surface area contributed by atoms with Gasteiger partial charge in [0.15, 0.2) is 0 Å². The summed E-state index contributed by atoms with van der Waals surface area (Å²) in [5, 5.41) is 7.90. The number of hydrogen-bond acceptors (Lipinski definition) is 4. The molecule has 0 atom stereocenters. The fourth-order valence-corrected chi connectivity index (χ4v) is 2.87. The molecule has 0 fully saturated rings. The fraction of sp³-hybridized carbons (Fsp3) is 0.188. The van der Waals surface area contributed by atoms with Gasteiger partial charge in [0.1, 0.15) is 5.75 Å². The molecule has 3 aromatic rings. The summed E-state index contributed by atoms with van der Waals surface area (Å²) < 4.78 is 5.42. The molecular formula is C16H16N2OS. The summed E-state index contributed by atoms with van der Waals surface area (Å²) in [4.78, 5) is 4.27. The average Bonchev–Trinajstić information content (AvgIpc) is 3.01. The van der Waals surface area contributed by atoms with E-state index in [1.54, 1.807) is 18.4 Å². The van der Waals surface area contributed by atoms with Crippen molar-refractivity contribution in [2.75, 3.05) is 7.11 Å². The average molecular weight is 284 g/mol. The third-order valence-electron chi connectivity index (χ3n) is 3.30. The van der Waals surface area contributed by atoms with E-state index in [0.717, 1.165) is 29.9 Å². The third-order valence-corrected chi connectivity index (χ3v) is 3.93. The standard InChI is InChI=1S/C16H16N2OS/c1-19-16-7-6-12(14-4-2-3-5-15(14)16)8-17-9-13-10-20-11-18-13/h2-7,10-11,17H,8-9H2,1H3. The molecule has 0 radical (unpaired) electrons. The van der Waals surface area contributed by atoms with Crippen LogP contribution < -0.4 is 10.1 Å². The van der Waals surface area contributed by atoms with Gasteiger partial charge in [-0.05, 0) is 17.0 Å². The molecule has 1 heterocycles. The highest BCUT2D eigenvalue weighted by molar-refractivity contribution is 7.07. The summed E-state index contributed by atoms with van der Waals surface area (Å²) in [6, 6.07) is 12.5. The van der Waals surface area contributed by atoms with E-state index in [9.17, 15) is 0 Å². The van der Waals surface area contributed by atoms with E-state index in [1.807, 2.05) is 17.6 Å². The number of methoxy groups -OCH3 is 1. The lowest BCUT2D eigenvalue weighted by molar-refractivity contribution is 0.419. The van der Waals surface area contributed by atoms with Crippen LogP contribution in [0.5, 0.6) is 5.75 Å². The number of nitrogens with zero attached hydrogens (tertiary/aromatic N) is 1. The van der Waals surface area contributed by atoms with Crippen LogP contribution in [-0.4, -0.2) is 12.1 Å². The Morgan fingerprint density at radius 1 is 1.10 bits per heavy atom. The van der Waals surface area contributed by atoms with Crippen LogP contribution in [0.15, 0.2) is 47.3 Å². The first-order valence-electron chi connectivity index (χ1n) is 6.51. The smallest absolute Gasteiger partial charge is 0.126 e. The number of thiazole rings is 1. The maximum absolute atomic E-state index is 5.42. The van der Waals surface area contributed by atoms with E-state index in [0.29, 0.717) is 0 Å². The van der Waals surface area contributed by atoms with Crippen molar-refractivity contribution in [1.29, 1.82) is 0 Å². The van der Waals surface area contributed by atoms with Crippen LogP contribution >= 0.6 is 11.3 Å². The maximum atomic E-state index is 5.42. The molecule has 0 aliphatic heterocycles. The second kappa shape index (κ2) is 6.03. The van der Waals surface area contributed by atoms with Gasteiger partial charge in [0.2, 0.25) is 0 Å². The first-order valence-corrected chi connectivity index (χ1v) is 7.45. The molecular weight excluding hydrogens is 268 g/mol. The normalized spacial score (nSPS) is 10.8. The first kappa shape index (κ1) is 13.1. The van der Waals surface area contributed by atoms with Gasteiger partial charge in [0, 0.05) is 23.9 Å². The topological polar surface area (TPSA) is 34.1 Å². The predicted octanol–water partition coefficient (Wildman–Crippen LogP) is 3.59. The second-order valence-electron chi connectivity index (χ2n) is 4.56. The molecule has 2 aromatic carbocycles. The van der Waals surface area contributed by atoms with Gasteiger partial charge in [-0.1, -0.05) is 30.3 Å². The molecule has 0 saturated carbocycles. The molecule has 0 spiro atoms. The predicted molar refractivity (Wildman–Crippen MR) is 83.2 cm³/mol. The highest BCUT2D eigenvalue weighted by Crippen LogP contribution is 2.28. The largest absolute Gasteiger partial charge is 0.496 e. The van der Waals surface area contributed by atoms with Crippen molar-refractivity contribution in [2.24, 2.45) is 0 Å². The molecule has 102 valence electrons. The molecule has 3 rings (SSSR count). The summed E-state index contributed by atoms with van der Waals surface area (Å²) in [5.74, 6) is 0.920. The van der Waals surface area contributed by atoms with E-state index < -0.39 is 0 Å². The van der Waals surface area contributed by atoms with Gasteiger partial charge in [-0.3, -0.25) is 0 Å². The Bertz CT molecular complexity index is 695. The number of hydrogen-bond donors (Lipinski definition) is 1. The van der Waals surface area contributed by atoms with Crippen LogP contribution in [0.4, 0.5) is 0 Å². The molecule has 0 aliphatic rings. The molecule has 3 nitrogen and oxygen atoms in total. The lowest BCUT2D eigenvalue weighted by atomic mass is 10.0. The van der Waals surface area contributed by atoms with E-state index in [2.05, 4.69) is 39.9 Å². The number of benzene rings is 2. The summed E-state index contributed by atoms with van der Waals surface area (Å²) in [6.45, 7) is 1.62. The van der Waals surface area contributed by atoms with Crippen molar-refractivity contribution < 1.29 is 4.74 Å². The summed E-state index contributed by atoms with van der Waals surface area (Å²) in [6.07, 6.45) is 0. The Morgan fingerprint density at radius 2 is 1.95 bits per heavy atom. The lowest BCUT2D eigenvalue weighted by Gasteiger charge is -2.11. The Labute approximate surface area is 122 Å². The van der Waals surface area contributed by atoms with Gasteiger partial charge in [-0.2, -0.15) is 0 Å². The van der Waals surface area contributed by atoms with Crippen molar-refractivity contribution in [3.05, 3.63) is 58.5 Å². The molecule has 0 amide bonds. The molecule has 20 heavy (non-hydrogen) atoms. The van der Waals surface area contributed by atoms with Gasteiger partial charge in [0.25, 0.3) is 0 Å². The van der Waals surface area contributed by atoms with Crippen LogP contribution in [-0.2, 0) is 13.1 Å². The Morgan fingerprint density at radius 3 is 2.70 bits per heavy atom. The fourth-order valence-electron chi connectivity index (χ4n) is 2.32. The van der Waals surface area contributed by atoms with Gasteiger partial charge in [-0.25, -0.2) is 4.98 Å². The molecule has 1 aromatic heterocycles. The summed E-state index contributed by atoms with van der Waals surface area (Å²) >= 11 is 1.63. The molecule has 1 N–H and O–H groups in total. The van der Waals surface area contributed by atoms with Crippen molar-refractivity contribution >= 4 is 22.1 Å². The Kier molecular flexibility index (Phi) is 3.95. The molecule has 4 heteroatoms. The van der Waals surface area contributed by atoms with Crippen molar-refractivity contribution in [2.45, 2.75) is 13.1 Å². The number of ether oxygens (including phenoxy) is 1. The van der Waals surface area contributed by atoms with E-state index >= 15 is 0 Å². The minimum absolute atomic E-state index is 0.795. The first-order chi connectivity index (χ1) is 9.88. The van der Waals surface area contributed by atoms with E-state index in [1.165, 1.54) is 10.9 Å². The lowest BCUT2D eigenvalue weighted by Crippen LogP contribution is -2.13. The number of nitrogens with one attached hydrogen (secondary N) is 1. The summed E-state index contributed by atoms with van der Waals surface area (Å²) in [7, 11) is 1.71. The second-order valence-corrected chi connectivity index (χ2v) is 5.27. The number of rotatable bonds is 5. The van der Waals surface area contributed by atoms with Gasteiger partial charge < -0.3 is 10.1 Å². The van der Waals surface area contributed by atoms with Crippen LogP contribution in [0, 0.1) is 0 Å². The summed E-state index contributed by atoms with van der Waals surface area (Å²) in [5.41, 5.74) is 4.23. The third kappa shape index (κ3) is 2.66. The van der Waals surface area contributed by atoms with Gasteiger partial charge in [0.05, 0.1) is 18.3 Å². The van der Waals surface area contributed by atoms with Crippen molar-refractivity contribution in [3.63, 3.8) is 0 Å². The van der Waals surface area contributed by atoms with Gasteiger partial charge >= 0.3 is 0 Å². The van der Waals surface area contributed by atoms with Crippen molar-refractivity contribution in [3.8, 4) is 5.75 Å². The number of aromatic nitrogens is 1. The zero-order valence-electron chi connectivity index (χ0n) is 11.3. The molecule has 0 bridgehead atoms. The van der Waals surface area contributed by atoms with Crippen LogP contribution in [0.25, 0.3) is 10.8 Å². The highest BCUT2D eigenvalue weighted by atomic mass is 32.1. The zero-order valence-corrected chi connectivity index (χ0v) is 12.1. The van der Waals surface area contributed by atoms with E-state index in [-0.39, 0.29) is 0 Å². The minimum atomic E-state index is 0.795. The Balaban J connectivity index is 1.81. The number of fused-ring (bicyclic) bond motifs is 1. The van der Waals surface area contributed by atoms with Gasteiger partial charge in [-0.15, -0.1) is 11.3 Å². The molecule has 0 unspecified atom stereocenters. The Hall–Kier alpha value is -1.91. The highest BCUT2D eigenvalue weighted by Gasteiger charge is 2.05. The quantitative estimate of drug-likeness (QED) is 0.777. The minimum Gasteiger partial charge on any atom is -0.496 e. The monoisotopic (exact) mass is 284 g/mol. The van der Waals surface area contributed by atoms with Crippen LogP contribution in [0.3, 0.4) is 0 Å². The van der Waals surface area contributed by atoms with E-state index in [4.69, 9.17) is 4.74 Å².